The summed E-state index contributed by atoms with van der Waals surface area (Å²) in [5.74, 6) is 0.454. The lowest BCUT2D eigenvalue weighted by Crippen LogP contribution is -2.31. The van der Waals surface area contributed by atoms with Crippen LogP contribution in [0.4, 0.5) is 5.69 Å². The van der Waals surface area contributed by atoms with Crippen molar-refractivity contribution in [1.29, 1.82) is 0 Å². The third-order valence-electron chi connectivity index (χ3n) is 3.22. The van der Waals surface area contributed by atoms with E-state index in [0.717, 1.165) is 18.8 Å². The highest BCUT2D eigenvalue weighted by Gasteiger charge is 2.08. The van der Waals surface area contributed by atoms with Crippen molar-refractivity contribution in [1.82, 2.24) is 4.90 Å². The first-order valence-corrected chi connectivity index (χ1v) is 7.39. The minimum atomic E-state index is 0.114. The average Bonchev–Trinajstić information content (AvgIpc) is 2.38. The molecule has 1 amide bonds. The molecule has 116 valence electrons. The van der Waals surface area contributed by atoms with E-state index in [4.69, 9.17) is 5.73 Å². The number of nitrogens with two attached hydrogens (primary N) is 1. The summed E-state index contributed by atoms with van der Waals surface area (Å²) in [5.41, 5.74) is 9.10. The number of rotatable bonds is 6. The first-order valence-electron chi connectivity index (χ1n) is 7.39. The van der Waals surface area contributed by atoms with Gasteiger partial charge in [0.05, 0.1) is 6.54 Å². The molecule has 0 radical (unpaired) electrons. The van der Waals surface area contributed by atoms with Gasteiger partial charge in [0.1, 0.15) is 0 Å². The molecule has 21 heavy (non-hydrogen) atoms. The molecule has 0 atom stereocenters. The minimum absolute atomic E-state index is 0.114. The smallest absolute Gasteiger partial charge is 0.224 e. The maximum atomic E-state index is 11.8. The third kappa shape index (κ3) is 5.85. The summed E-state index contributed by atoms with van der Waals surface area (Å²) >= 11 is 0. The summed E-state index contributed by atoms with van der Waals surface area (Å²) in [7, 11) is 0. The standard InChI is InChI=1S/C16H26N4O/c1-5-20(6-2)15(21)7-8-18-16(17)19-14-10-12(3)9-13(4)11-14/h9-11H,5-8H2,1-4H3,(H3,17,18,19). The van der Waals surface area contributed by atoms with Crippen LogP contribution in [-0.2, 0) is 4.79 Å². The first-order chi connectivity index (χ1) is 9.96. The molecule has 0 heterocycles. The van der Waals surface area contributed by atoms with E-state index < -0.39 is 0 Å². The number of carbonyl (C=O) groups is 1. The van der Waals surface area contributed by atoms with Crippen LogP contribution in [0.1, 0.15) is 31.4 Å². The molecule has 0 saturated heterocycles. The molecule has 3 N–H and O–H groups in total. The Balaban J connectivity index is 2.51. The van der Waals surface area contributed by atoms with E-state index in [-0.39, 0.29) is 5.91 Å². The summed E-state index contributed by atoms with van der Waals surface area (Å²) < 4.78 is 0. The van der Waals surface area contributed by atoms with Crippen LogP contribution in [0.25, 0.3) is 0 Å². The third-order valence-corrected chi connectivity index (χ3v) is 3.22. The summed E-state index contributed by atoms with van der Waals surface area (Å²) in [5, 5.41) is 3.06. The van der Waals surface area contributed by atoms with E-state index in [2.05, 4.69) is 16.4 Å². The van der Waals surface area contributed by atoms with E-state index in [9.17, 15) is 4.79 Å². The monoisotopic (exact) mass is 290 g/mol. The van der Waals surface area contributed by atoms with Crippen molar-refractivity contribution >= 4 is 17.6 Å². The zero-order chi connectivity index (χ0) is 15.8. The number of aryl methyl sites for hydroxylation is 2. The number of aliphatic imine (C=N–C) groups is 1. The molecule has 0 spiro atoms. The van der Waals surface area contributed by atoms with Crippen molar-refractivity contribution in [3.05, 3.63) is 29.3 Å². The topological polar surface area (TPSA) is 70.7 Å². The van der Waals surface area contributed by atoms with Gasteiger partial charge in [-0.15, -0.1) is 0 Å². The molecule has 0 aliphatic heterocycles. The Morgan fingerprint density at radius 1 is 1.19 bits per heavy atom. The maximum absolute atomic E-state index is 11.8. The number of amides is 1. The first kappa shape index (κ1) is 17.0. The molecule has 5 nitrogen and oxygen atoms in total. The van der Waals surface area contributed by atoms with Crippen LogP contribution >= 0.6 is 0 Å². The number of anilines is 1. The van der Waals surface area contributed by atoms with Crippen LogP contribution in [0.3, 0.4) is 0 Å². The molecule has 0 aromatic heterocycles. The van der Waals surface area contributed by atoms with Crippen molar-refractivity contribution in [3.63, 3.8) is 0 Å². The van der Waals surface area contributed by atoms with Crippen LogP contribution in [0.2, 0.25) is 0 Å². The summed E-state index contributed by atoms with van der Waals surface area (Å²) in [4.78, 5) is 17.8. The number of nitrogens with one attached hydrogen (secondary N) is 1. The number of carbonyl (C=O) groups excluding carboxylic acids is 1. The molecular weight excluding hydrogens is 264 g/mol. The fourth-order valence-electron chi connectivity index (χ4n) is 2.24. The molecule has 1 aromatic carbocycles. The number of guanidine groups is 1. The second kappa shape index (κ2) is 8.29. The Morgan fingerprint density at radius 2 is 1.76 bits per heavy atom. The largest absolute Gasteiger partial charge is 0.370 e. The number of benzene rings is 1. The lowest BCUT2D eigenvalue weighted by atomic mass is 10.1. The minimum Gasteiger partial charge on any atom is -0.370 e. The SMILES string of the molecule is CCN(CC)C(=O)CCN=C(N)Nc1cc(C)cc(C)c1. The van der Waals surface area contributed by atoms with Crippen LogP contribution < -0.4 is 11.1 Å². The van der Waals surface area contributed by atoms with Crippen molar-refractivity contribution < 1.29 is 4.79 Å². The Hall–Kier alpha value is -2.04. The van der Waals surface area contributed by atoms with Gasteiger partial charge in [-0.25, -0.2) is 0 Å². The zero-order valence-corrected chi connectivity index (χ0v) is 13.4. The van der Waals surface area contributed by atoms with E-state index in [1.54, 1.807) is 4.90 Å². The number of nitrogens with zero attached hydrogens (tertiary/aromatic N) is 2. The Kier molecular flexibility index (Phi) is 6.72. The van der Waals surface area contributed by atoms with Gasteiger partial charge >= 0.3 is 0 Å². The maximum Gasteiger partial charge on any atom is 0.224 e. The number of hydrogen-bond acceptors (Lipinski definition) is 2. The van der Waals surface area contributed by atoms with Crippen LogP contribution in [0.15, 0.2) is 23.2 Å². The lowest BCUT2D eigenvalue weighted by molar-refractivity contribution is -0.130. The van der Waals surface area contributed by atoms with Crippen molar-refractivity contribution in [2.24, 2.45) is 10.7 Å². The fraction of sp³-hybridized carbons (Fsp3) is 0.500. The molecule has 0 fully saturated rings. The molecule has 1 aromatic rings. The molecule has 0 saturated carbocycles. The molecular formula is C16H26N4O. The van der Waals surface area contributed by atoms with Gasteiger partial charge < -0.3 is 16.0 Å². The van der Waals surface area contributed by atoms with Gasteiger partial charge in [-0.05, 0) is 51.0 Å². The predicted octanol–water partition coefficient (Wildman–Crippen LogP) is 2.29. The van der Waals surface area contributed by atoms with E-state index in [0.29, 0.717) is 18.9 Å². The van der Waals surface area contributed by atoms with E-state index in [1.807, 2.05) is 39.8 Å². The summed E-state index contributed by atoms with van der Waals surface area (Å²) in [6.45, 7) is 9.88. The Labute approximate surface area is 127 Å². The van der Waals surface area contributed by atoms with Gasteiger partial charge in [-0.3, -0.25) is 9.79 Å². The van der Waals surface area contributed by atoms with Gasteiger partial charge in [-0.1, -0.05) is 6.07 Å². The van der Waals surface area contributed by atoms with Crippen LogP contribution in [0, 0.1) is 13.8 Å². The van der Waals surface area contributed by atoms with Gasteiger partial charge in [0, 0.05) is 25.2 Å². The number of hydrogen-bond donors (Lipinski definition) is 2. The van der Waals surface area contributed by atoms with Crippen molar-refractivity contribution in [2.45, 2.75) is 34.1 Å². The van der Waals surface area contributed by atoms with Gasteiger partial charge in [0.15, 0.2) is 5.96 Å². The highest BCUT2D eigenvalue weighted by molar-refractivity contribution is 5.92. The van der Waals surface area contributed by atoms with E-state index in [1.165, 1.54) is 11.1 Å². The van der Waals surface area contributed by atoms with Gasteiger partial charge in [0.25, 0.3) is 0 Å². The van der Waals surface area contributed by atoms with Gasteiger partial charge in [0.2, 0.25) is 5.91 Å². The molecule has 0 aliphatic rings. The highest BCUT2D eigenvalue weighted by atomic mass is 16.2. The van der Waals surface area contributed by atoms with Crippen molar-refractivity contribution in [3.8, 4) is 0 Å². The van der Waals surface area contributed by atoms with E-state index >= 15 is 0 Å². The fourth-order valence-corrected chi connectivity index (χ4v) is 2.24. The second-order valence-electron chi connectivity index (χ2n) is 5.08. The van der Waals surface area contributed by atoms with Crippen molar-refractivity contribution in [2.75, 3.05) is 25.0 Å². The quantitative estimate of drug-likeness (QED) is 0.624. The Morgan fingerprint density at radius 3 is 2.29 bits per heavy atom. The zero-order valence-electron chi connectivity index (χ0n) is 13.4. The average molecular weight is 290 g/mol. The molecule has 0 aliphatic carbocycles. The highest BCUT2D eigenvalue weighted by Crippen LogP contribution is 2.13. The van der Waals surface area contributed by atoms with Crippen LogP contribution in [-0.4, -0.2) is 36.4 Å². The van der Waals surface area contributed by atoms with Gasteiger partial charge in [-0.2, -0.15) is 0 Å². The molecule has 0 bridgehead atoms. The summed E-state index contributed by atoms with van der Waals surface area (Å²) in [6, 6.07) is 6.12. The van der Waals surface area contributed by atoms with Crippen LogP contribution in [0.5, 0.6) is 0 Å². The second-order valence-corrected chi connectivity index (χ2v) is 5.08. The lowest BCUT2D eigenvalue weighted by Gasteiger charge is -2.17. The normalized spacial score (nSPS) is 11.3. The summed E-state index contributed by atoms with van der Waals surface area (Å²) in [6.07, 6.45) is 0.386. The Bertz CT molecular complexity index is 487. The molecule has 1 rings (SSSR count). The predicted molar refractivity (Wildman–Crippen MR) is 88.6 cm³/mol. The molecule has 0 unspecified atom stereocenters. The molecule has 5 heteroatoms.